The van der Waals surface area contributed by atoms with Crippen molar-refractivity contribution in [2.75, 3.05) is 0 Å². The highest BCUT2D eigenvalue weighted by atomic mass is 32.2. The van der Waals surface area contributed by atoms with E-state index in [0.717, 1.165) is 22.3 Å². The van der Waals surface area contributed by atoms with Gasteiger partial charge in [0.25, 0.3) is 0 Å². The molecule has 0 saturated heterocycles. The molecule has 0 atom stereocenters. The second kappa shape index (κ2) is 8.85. The smallest absolute Gasteiger partial charge is 0.203 e. The Morgan fingerprint density at radius 2 is 1.43 bits per heavy atom. The van der Waals surface area contributed by atoms with Crippen molar-refractivity contribution in [3.63, 3.8) is 0 Å². The minimum atomic E-state index is -3.65. The molecule has 0 spiro atoms. The van der Waals surface area contributed by atoms with Crippen LogP contribution in [-0.4, -0.2) is 8.42 Å². The third kappa shape index (κ3) is 4.49. The summed E-state index contributed by atoms with van der Waals surface area (Å²) < 4.78 is 27.3. The van der Waals surface area contributed by atoms with E-state index in [2.05, 4.69) is 6.58 Å². The summed E-state index contributed by atoms with van der Waals surface area (Å²) in [5, 5.41) is 0. The van der Waals surface area contributed by atoms with Gasteiger partial charge >= 0.3 is 0 Å². The van der Waals surface area contributed by atoms with Crippen molar-refractivity contribution >= 4 is 15.4 Å². The molecule has 3 rings (SSSR count). The average Bonchev–Trinajstić information content (AvgIpc) is 2.72. The van der Waals surface area contributed by atoms with Gasteiger partial charge in [0.2, 0.25) is 9.84 Å². The van der Waals surface area contributed by atoms with E-state index < -0.39 is 9.84 Å². The molecule has 28 heavy (non-hydrogen) atoms. The lowest BCUT2D eigenvalue weighted by atomic mass is 9.99. The van der Waals surface area contributed by atoms with Gasteiger partial charge in [0, 0.05) is 6.42 Å². The number of hydrogen-bond acceptors (Lipinski definition) is 2. The largest absolute Gasteiger partial charge is 0.219 e. The maximum absolute atomic E-state index is 13.6. The summed E-state index contributed by atoms with van der Waals surface area (Å²) in [5.74, 6) is 0. The Kier molecular flexibility index (Phi) is 6.27. The van der Waals surface area contributed by atoms with Gasteiger partial charge in [-0.15, -0.1) is 6.58 Å². The van der Waals surface area contributed by atoms with Crippen molar-refractivity contribution in [3.05, 3.63) is 119 Å². The van der Waals surface area contributed by atoms with E-state index in [1.807, 2.05) is 79.7 Å². The van der Waals surface area contributed by atoms with Crippen molar-refractivity contribution in [1.29, 1.82) is 0 Å². The van der Waals surface area contributed by atoms with Crippen molar-refractivity contribution < 1.29 is 8.42 Å². The fourth-order valence-corrected chi connectivity index (χ4v) is 4.84. The van der Waals surface area contributed by atoms with Gasteiger partial charge < -0.3 is 0 Å². The van der Waals surface area contributed by atoms with Crippen molar-refractivity contribution in [2.45, 2.75) is 24.7 Å². The van der Waals surface area contributed by atoms with Gasteiger partial charge in [-0.05, 0) is 42.2 Å². The lowest BCUT2D eigenvalue weighted by Crippen LogP contribution is -2.10. The van der Waals surface area contributed by atoms with Gasteiger partial charge in [0.15, 0.2) is 0 Å². The first-order valence-corrected chi connectivity index (χ1v) is 10.7. The highest BCUT2D eigenvalue weighted by Gasteiger charge is 2.25. The number of rotatable bonds is 7. The summed E-state index contributed by atoms with van der Waals surface area (Å²) in [6.07, 6.45) is 2.59. The molecule has 0 heterocycles. The number of sulfone groups is 1. The Morgan fingerprint density at radius 1 is 0.857 bits per heavy atom. The number of aryl methyl sites for hydroxylation is 1. The van der Waals surface area contributed by atoms with Crippen LogP contribution in [0, 0.1) is 6.92 Å². The van der Waals surface area contributed by atoms with Crippen molar-refractivity contribution in [3.8, 4) is 0 Å². The predicted molar refractivity (Wildman–Crippen MR) is 117 cm³/mol. The fraction of sp³-hybridized carbons (Fsp3) is 0.120. The first kappa shape index (κ1) is 19.8. The summed E-state index contributed by atoms with van der Waals surface area (Å²) in [7, 11) is -3.65. The van der Waals surface area contributed by atoms with Crippen LogP contribution in [0.1, 0.15) is 23.1 Å². The lowest BCUT2D eigenvalue weighted by molar-refractivity contribution is 0.601. The first-order valence-electron chi connectivity index (χ1n) is 9.26. The van der Waals surface area contributed by atoms with Gasteiger partial charge in [0.05, 0.1) is 9.80 Å². The molecule has 0 bridgehead atoms. The summed E-state index contributed by atoms with van der Waals surface area (Å²) in [6.45, 7) is 5.80. The molecule has 0 unspecified atom stereocenters. The zero-order valence-corrected chi connectivity index (χ0v) is 16.8. The SMILES string of the molecule is C=CC/C(=C(\Cc1ccccc1)S(=O)(=O)c1ccc(C)cc1)c1ccccc1. The molecule has 0 aliphatic carbocycles. The molecule has 142 valence electrons. The summed E-state index contributed by atoms with van der Waals surface area (Å²) >= 11 is 0. The molecular formula is C25H24O2S. The predicted octanol–water partition coefficient (Wildman–Crippen LogP) is 6.00. The number of benzene rings is 3. The van der Waals surface area contributed by atoms with Gasteiger partial charge in [-0.3, -0.25) is 0 Å². The van der Waals surface area contributed by atoms with Gasteiger partial charge in [-0.25, -0.2) is 8.42 Å². The third-order valence-electron chi connectivity index (χ3n) is 4.67. The molecule has 0 aliphatic heterocycles. The number of allylic oxidation sites excluding steroid dienone is 3. The van der Waals surface area contributed by atoms with Crippen LogP contribution in [0.2, 0.25) is 0 Å². The zero-order valence-electron chi connectivity index (χ0n) is 16.0. The molecule has 3 heteroatoms. The van der Waals surface area contributed by atoms with E-state index in [1.165, 1.54) is 0 Å². The van der Waals surface area contributed by atoms with Gasteiger partial charge in [-0.1, -0.05) is 84.4 Å². The topological polar surface area (TPSA) is 34.1 Å². The molecule has 0 aliphatic rings. The van der Waals surface area contributed by atoms with E-state index >= 15 is 0 Å². The molecule has 0 amide bonds. The monoisotopic (exact) mass is 388 g/mol. The van der Waals surface area contributed by atoms with Crippen LogP contribution in [0.15, 0.2) is 107 Å². The van der Waals surface area contributed by atoms with Crippen LogP contribution < -0.4 is 0 Å². The van der Waals surface area contributed by atoms with Crippen molar-refractivity contribution in [1.82, 2.24) is 0 Å². The van der Waals surface area contributed by atoms with Crippen LogP contribution in [-0.2, 0) is 16.3 Å². The van der Waals surface area contributed by atoms with Crippen LogP contribution in [0.25, 0.3) is 5.57 Å². The molecular weight excluding hydrogens is 364 g/mol. The van der Waals surface area contributed by atoms with Crippen LogP contribution in [0.3, 0.4) is 0 Å². The van der Waals surface area contributed by atoms with E-state index in [-0.39, 0.29) is 0 Å². The Hall–Kier alpha value is -2.91. The Bertz CT molecular complexity index is 1060. The van der Waals surface area contributed by atoms with Gasteiger partial charge in [-0.2, -0.15) is 0 Å². The minimum Gasteiger partial charge on any atom is -0.219 e. The van der Waals surface area contributed by atoms with E-state index in [1.54, 1.807) is 18.2 Å². The molecule has 0 N–H and O–H groups in total. The molecule has 3 aromatic carbocycles. The van der Waals surface area contributed by atoms with Crippen LogP contribution in [0.4, 0.5) is 0 Å². The fourth-order valence-electron chi connectivity index (χ4n) is 3.18. The second-order valence-corrected chi connectivity index (χ2v) is 8.71. The summed E-state index contributed by atoms with van der Waals surface area (Å²) in [5.41, 5.74) is 3.69. The molecule has 2 nitrogen and oxygen atoms in total. The maximum Gasteiger partial charge on any atom is 0.203 e. The van der Waals surface area contributed by atoms with Crippen LogP contribution >= 0.6 is 0 Å². The molecule has 0 aromatic heterocycles. The molecule has 3 aromatic rings. The third-order valence-corrected chi connectivity index (χ3v) is 6.60. The molecule has 0 saturated carbocycles. The summed E-state index contributed by atoms with van der Waals surface area (Å²) in [4.78, 5) is 0.746. The average molecular weight is 389 g/mol. The molecule has 0 radical (unpaired) electrons. The normalized spacial score (nSPS) is 12.3. The summed E-state index contributed by atoms with van der Waals surface area (Å²) in [6, 6.07) is 26.5. The van der Waals surface area contributed by atoms with E-state index in [0.29, 0.717) is 22.6 Å². The standard InChI is InChI=1S/C25H24O2S/c1-3-10-24(22-13-8-5-9-14-22)25(19-21-11-6-4-7-12-21)28(26,27)23-17-15-20(2)16-18-23/h3-9,11-18H,1,10,19H2,2H3/b25-24-. The maximum atomic E-state index is 13.6. The van der Waals surface area contributed by atoms with Crippen LogP contribution in [0.5, 0.6) is 0 Å². The van der Waals surface area contributed by atoms with Crippen molar-refractivity contribution in [2.24, 2.45) is 0 Å². The Balaban J connectivity index is 2.24. The first-order chi connectivity index (χ1) is 13.5. The second-order valence-electron chi connectivity index (χ2n) is 6.74. The Labute approximate surface area is 167 Å². The minimum absolute atomic E-state index is 0.321. The highest BCUT2D eigenvalue weighted by molar-refractivity contribution is 7.95. The molecule has 0 fully saturated rings. The zero-order chi connectivity index (χ0) is 20.0. The number of hydrogen-bond donors (Lipinski definition) is 0. The quantitative estimate of drug-likeness (QED) is 0.465. The van der Waals surface area contributed by atoms with Gasteiger partial charge in [0.1, 0.15) is 0 Å². The highest BCUT2D eigenvalue weighted by Crippen LogP contribution is 2.32. The van der Waals surface area contributed by atoms with E-state index in [4.69, 9.17) is 0 Å². The van der Waals surface area contributed by atoms with E-state index in [9.17, 15) is 8.42 Å². The Morgan fingerprint density at radius 3 is 2.00 bits per heavy atom. The lowest BCUT2D eigenvalue weighted by Gasteiger charge is -2.16.